The van der Waals surface area contributed by atoms with Crippen LogP contribution < -0.4 is 5.73 Å². The molecule has 0 amide bonds. The van der Waals surface area contributed by atoms with Crippen LogP contribution in [0.3, 0.4) is 0 Å². The van der Waals surface area contributed by atoms with Crippen LogP contribution in [0.1, 0.15) is 5.69 Å². The zero-order valence-electron chi connectivity index (χ0n) is 6.49. The number of aromatic nitrogens is 1. The predicted molar refractivity (Wildman–Crippen MR) is 47.6 cm³/mol. The van der Waals surface area contributed by atoms with Crippen LogP contribution in [-0.4, -0.2) is 18.6 Å². The molecule has 1 aromatic rings. The third-order valence-electron chi connectivity index (χ3n) is 1.41. The molecule has 68 valence electrons. The lowest BCUT2D eigenvalue weighted by atomic mass is 10.4. The fourth-order valence-electron chi connectivity index (χ4n) is 0.960. The Morgan fingerprint density at radius 1 is 1.58 bits per heavy atom. The van der Waals surface area contributed by atoms with Crippen LogP contribution in [0.2, 0.25) is 5.15 Å². The molecule has 2 N–H and O–H groups in total. The van der Waals surface area contributed by atoms with E-state index in [0.717, 1.165) is 10.2 Å². The summed E-state index contributed by atoms with van der Waals surface area (Å²) in [5, 5.41) is 0.165. The smallest absolute Gasteiger partial charge is 0.237 e. The summed E-state index contributed by atoms with van der Waals surface area (Å²) in [5.41, 5.74) is 5.81. The lowest BCUT2D eigenvalue weighted by Crippen LogP contribution is -2.15. The van der Waals surface area contributed by atoms with E-state index in [1.807, 2.05) is 0 Å². The first-order valence-corrected chi connectivity index (χ1v) is 5.46. The average molecular weight is 209 g/mol. The Balaban J connectivity index is 3.39. The standard InChI is InChI=1S/C6H9ClN2O2S/c1-12(10,11)9-5(4-8)2-3-6(9)7/h2-3H,4,8H2,1H3. The van der Waals surface area contributed by atoms with Crippen molar-refractivity contribution in [1.29, 1.82) is 0 Å². The summed E-state index contributed by atoms with van der Waals surface area (Å²) >= 11 is 5.64. The molecular formula is C6H9ClN2O2S. The van der Waals surface area contributed by atoms with Gasteiger partial charge in [0, 0.05) is 12.2 Å². The maximum absolute atomic E-state index is 11.1. The maximum atomic E-state index is 11.1. The van der Waals surface area contributed by atoms with E-state index in [-0.39, 0.29) is 11.7 Å². The van der Waals surface area contributed by atoms with Gasteiger partial charge < -0.3 is 5.73 Å². The van der Waals surface area contributed by atoms with E-state index < -0.39 is 10.0 Å². The first-order chi connectivity index (χ1) is 5.46. The van der Waals surface area contributed by atoms with Crippen molar-refractivity contribution < 1.29 is 8.42 Å². The Labute approximate surface area is 76.0 Å². The van der Waals surface area contributed by atoms with Crippen molar-refractivity contribution in [3.8, 4) is 0 Å². The Morgan fingerprint density at radius 3 is 2.50 bits per heavy atom. The van der Waals surface area contributed by atoms with Crippen molar-refractivity contribution in [3.63, 3.8) is 0 Å². The molecule has 0 saturated heterocycles. The molecule has 6 heteroatoms. The van der Waals surface area contributed by atoms with Crippen LogP contribution in [0.15, 0.2) is 12.1 Å². The minimum Gasteiger partial charge on any atom is -0.325 e. The van der Waals surface area contributed by atoms with Gasteiger partial charge in [-0.1, -0.05) is 11.6 Å². The number of nitrogens with two attached hydrogens (primary N) is 1. The Hall–Kier alpha value is -0.520. The highest BCUT2D eigenvalue weighted by atomic mass is 35.5. The summed E-state index contributed by atoms with van der Waals surface area (Å²) in [4.78, 5) is 0. The molecule has 0 spiro atoms. The molecule has 0 aliphatic carbocycles. The van der Waals surface area contributed by atoms with Crippen molar-refractivity contribution >= 4 is 21.6 Å². The molecule has 0 atom stereocenters. The van der Waals surface area contributed by atoms with Gasteiger partial charge in [-0.2, -0.15) is 0 Å². The molecule has 4 nitrogen and oxygen atoms in total. The molecule has 0 bridgehead atoms. The van der Waals surface area contributed by atoms with E-state index >= 15 is 0 Å². The van der Waals surface area contributed by atoms with Crippen LogP contribution in [0.4, 0.5) is 0 Å². The van der Waals surface area contributed by atoms with Crippen LogP contribution >= 0.6 is 11.6 Å². The van der Waals surface area contributed by atoms with Gasteiger partial charge in [-0.15, -0.1) is 0 Å². The second kappa shape index (κ2) is 3.08. The van der Waals surface area contributed by atoms with Crippen molar-refractivity contribution in [1.82, 2.24) is 3.97 Å². The Kier molecular flexibility index (Phi) is 2.46. The summed E-state index contributed by atoms with van der Waals surface area (Å²) < 4.78 is 23.3. The Morgan fingerprint density at radius 2 is 2.17 bits per heavy atom. The van der Waals surface area contributed by atoms with Gasteiger partial charge in [0.2, 0.25) is 10.0 Å². The predicted octanol–water partition coefficient (Wildman–Crippen LogP) is 0.408. The van der Waals surface area contributed by atoms with Crippen molar-refractivity contribution in [3.05, 3.63) is 23.0 Å². The molecule has 0 aliphatic rings. The van der Waals surface area contributed by atoms with Gasteiger partial charge in [-0.05, 0) is 12.1 Å². The third-order valence-corrected chi connectivity index (χ3v) is 2.90. The molecule has 12 heavy (non-hydrogen) atoms. The van der Waals surface area contributed by atoms with Gasteiger partial charge in [0.25, 0.3) is 0 Å². The first kappa shape index (κ1) is 9.57. The zero-order chi connectivity index (χ0) is 9.35. The van der Waals surface area contributed by atoms with E-state index in [4.69, 9.17) is 17.3 Å². The SMILES string of the molecule is CS(=O)(=O)n1c(Cl)ccc1CN. The lowest BCUT2D eigenvalue weighted by molar-refractivity contribution is 0.591. The summed E-state index contributed by atoms with van der Waals surface area (Å²) in [7, 11) is -3.33. The topological polar surface area (TPSA) is 65.1 Å². The highest BCUT2D eigenvalue weighted by Gasteiger charge is 2.13. The van der Waals surface area contributed by atoms with Crippen molar-refractivity contribution in [2.45, 2.75) is 6.54 Å². The second-order valence-corrected chi connectivity index (χ2v) is 4.60. The number of hydrogen-bond donors (Lipinski definition) is 1. The lowest BCUT2D eigenvalue weighted by Gasteiger charge is -2.05. The molecule has 0 aromatic carbocycles. The van der Waals surface area contributed by atoms with E-state index in [1.54, 1.807) is 6.07 Å². The monoisotopic (exact) mass is 208 g/mol. The fraction of sp³-hybridized carbons (Fsp3) is 0.333. The molecule has 0 unspecified atom stereocenters. The van der Waals surface area contributed by atoms with E-state index in [2.05, 4.69) is 0 Å². The minimum atomic E-state index is -3.33. The van der Waals surface area contributed by atoms with E-state index in [9.17, 15) is 8.42 Å². The Bertz CT molecular complexity index is 382. The molecular weight excluding hydrogens is 200 g/mol. The minimum absolute atomic E-state index is 0.153. The number of rotatable bonds is 2. The second-order valence-electron chi connectivity index (χ2n) is 2.38. The summed E-state index contributed by atoms with van der Waals surface area (Å²) in [6, 6.07) is 3.09. The highest BCUT2D eigenvalue weighted by Crippen LogP contribution is 2.16. The zero-order valence-corrected chi connectivity index (χ0v) is 8.06. The van der Waals surface area contributed by atoms with Gasteiger partial charge in [-0.3, -0.25) is 0 Å². The van der Waals surface area contributed by atoms with Gasteiger partial charge in [0.1, 0.15) is 5.15 Å². The van der Waals surface area contributed by atoms with Crippen LogP contribution in [0, 0.1) is 0 Å². The summed E-state index contributed by atoms with van der Waals surface area (Å²) in [6.45, 7) is 0.153. The molecule has 0 aliphatic heterocycles. The molecule has 0 saturated carbocycles. The van der Waals surface area contributed by atoms with Crippen molar-refractivity contribution in [2.24, 2.45) is 5.73 Å². The quantitative estimate of drug-likeness (QED) is 0.766. The highest BCUT2D eigenvalue weighted by molar-refractivity contribution is 7.89. The van der Waals surface area contributed by atoms with Crippen LogP contribution in [0.25, 0.3) is 0 Å². The maximum Gasteiger partial charge on any atom is 0.237 e. The number of hydrogen-bond acceptors (Lipinski definition) is 3. The molecule has 1 heterocycles. The fourth-order valence-corrected chi connectivity index (χ4v) is 2.45. The molecule has 1 rings (SSSR count). The molecule has 0 fully saturated rings. The normalized spacial score (nSPS) is 11.9. The average Bonchev–Trinajstić information content (AvgIpc) is 2.29. The first-order valence-electron chi connectivity index (χ1n) is 3.23. The van der Waals surface area contributed by atoms with Crippen LogP contribution in [-0.2, 0) is 16.6 Å². The largest absolute Gasteiger partial charge is 0.325 e. The van der Waals surface area contributed by atoms with Gasteiger partial charge in [0.15, 0.2) is 0 Å². The van der Waals surface area contributed by atoms with Gasteiger partial charge >= 0.3 is 0 Å². The summed E-state index contributed by atoms with van der Waals surface area (Å²) in [6.07, 6.45) is 1.08. The molecule has 1 aromatic heterocycles. The van der Waals surface area contributed by atoms with Crippen LogP contribution in [0.5, 0.6) is 0 Å². The van der Waals surface area contributed by atoms with Gasteiger partial charge in [0.05, 0.1) is 6.26 Å². The van der Waals surface area contributed by atoms with Crippen molar-refractivity contribution in [2.75, 3.05) is 6.26 Å². The number of halogens is 1. The van der Waals surface area contributed by atoms with E-state index in [0.29, 0.717) is 5.69 Å². The van der Waals surface area contributed by atoms with E-state index in [1.165, 1.54) is 6.07 Å². The summed E-state index contributed by atoms with van der Waals surface area (Å²) in [5.74, 6) is 0. The molecule has 0 radical (unpaired) electrons. The number of nitrogens with zero attached hydrogens (tertiary/aromatic N) is 1. The van der Waals surface area contributed by atoms with Gasteiger partial charge in [-0.25, -0.2) is 12.4 Å². The third kappa shape index (κ3) is 1.63.